The van der Waals surface area contributed by atoms with Crippen molar-refractivity contribution in [2.75, 3.05) is 6.61 Å². The molecule has 0 bridgehead atoms. The maximum atomic E-state index is 12.7. The highest BCUT2D eigenvalue weighted by Gasteiger charge is 2.37. The van der Waals surface area contributed by atoms with Crippen molar-refractivity contribution in [3.63, 3.8) is 0 Å². The fourth-order valence-electron chi connectivity index (χ4n) is 4.67. The highest BCUT2D eigenvalue weighted by molar-refractivity contribution is 9.10. The highest BCUT2D eigenvalue weighted by atomic mass is 79.9. The summed E-state index contributed by atoms with van der Waals surface area (Å²) in [5, 5.41) is 0. The summed E-state index contributed by atoms with van der Waals surface area (Å²) in [7, 11) is 0. The Bertz CT molecular complexity index is 1200. The highest BCUT2D eigenvalue weighted by Crippen LogP contribution is 2.34. The number of fused-ring (bicyclic) bond motifs is 1. The second-order valence-corrected chi connectivity index (χ2v) is 11.4. The first-order chi connectivity index (χ1) is 17.9. The van der Waals surface area contributed by atoms with Gasteiger partial charge in [0.2, 0.25) is 5.91 Å². The van der Waals surface area contributed by atoms with E-state index in [1.54, 1.807) is 0 Å². The molecule has 2 aliphatic heterocycles. The number of carbonyl (C=O) groups is 1. The summed E-state index contributed by atoms with van der Waals surface area (Å²) in [6.07, 6.45) is 4.15. The zero-order valence-corrected chi connectivity index (χ0v) is 24.9. The van der Waals surface area contributed by atoms with Crippen LogP contribution in [0.25, 0.3) is 5.70 Å². The van der Waals surface area contributed by atoms with Crippen LogP contribution in [-0.4, -0.2) is 34.5 Å². The zero-order valence-electron chi connectivity index (χ0n) is 23.3. The van der Waals surface area contributed by atoms with E-state index >= 15 is 0 Å². The zero-order chi connectivity index (χ0) is 28.1. The lowest BCUT2D eigenvalue weighted by atomic mass is 9.88. The first-order valence-corrected chi connectivity index (χ1v) is 14.1. The third-order valence-corrected chi connectivity index (χ3v) is 7.68. The molecule has 38 heavy (non-hydrogen) atoms. The van der Waals surface area contributed by atoms with Crippen LogP contribution in [0.5, 0.6) is 11.5 Å². The first-order valence-electron chi connectivity index (χ1n) is 13.3. The molecule has 2 aliphatic rings. The van der Waals surface area contributed by atoms with Crippen LogP contribution in [0.4, 0.5) is 0 Å². The van der Waals surface area contributed by atoms with Gasteiger partial charge in [0.25, 0.3) is 0 Å². The van der Waals surface area contributed by atoms with Crippen LogP contribution in [0.15, 0.2) is 52.4 Å². The van der Waals surface area contributed by atoms with Gasteiger partial charge in [-0.25, -0.2) is 4.99 Å². The van der Waals surface area contributed by atoms with E-state index in [1.807, 2.05) is 51.1 Å². The maximum absolute atomic E-state index is 12.7. The number of nitrogens with two attached hydrogens (primary N) is 2. The van der Waals surface area contributed by atoms with Crippen LogP contribution in [0.1, 0.15) is 77.0 Å². The van der Waals surface area contributed by atoms with Gasteiger partial charge in [0, 0.05) is 15.7 Å². The number of rotatable bonds is 7. The maximum Gasteiger partial charge on any atom is 0.232 e. The van der Waals surface area contributed by atoms with Gasteiger partial charge in [0.15, 0.2) is 5.96 Å². The summed E-state index contributed by atoms with van der Waals surface area (Å²) in [6.45, 7) is 14.9. The Kier molecular flexibility index (Phi) is 9.52. The number of halogens is 1. The number of aliphatic imine (C=N–C) groups is 1. The molecule has 0 aromatic heterocycles. The number of carbonyl (C=O) groups excluding carboxylic acids is 1. The first kappa shape index (κ1) is 29.6. The fraction of sp³-hybridized carbons (Fsp3) is 0.467. The molecule has 206 valence electrons. The van der Waals surface area contributed by atoms with Gasteiger partial charge in [-0.05, 0) is 94.0 Å². The Morgan fingerprint density at radius 2 is 1.89 bits per heavy atom. The molecule has 1 amide bonds. The van der Waals surface area contributed by atoms with Crippen molar-refractivity contribution in [2.24, 2.45) is 16.5 Å². The monoisotopic (exact) mass is 584 g/mol. The van der Waals surface area contributed by atoms with Crippen molar-refractivity contribution >= 4 is 33.5 Å². The number of hydrogen-bond donors (Lipinski definition) is 2. The van der Waals surface area contributed by atoms with Crippen LogP contribution in [0.3, 0.4) is 0 Å². The normalized spacial score (nSPS) is 17.4. The van der Waals surface area contributed by atoms with E-state index in [2.05, 4.69) is 47.4 Å². The number of benzene rings is 2. The number of amides is 1. The minimum atomic E-state index is -0.381. The molecule has 7 nitrogen and oxygen atoms in total. The van der Waals surface area contributed by atoms with Gasteiger partial charge >= 0.3 is 0 Å². The Hall–Kier alpha value is -3.00. The number of aryl methyl sites for hydroxylation is 1. The molecule has 8 heteroatoms. The quantitative estimate of drug-likeness (QED) is 0.405. The van der Waals surface area contributed by atoms with Crippen LogP contribution >= 0.6 is 15.9 Å². The molecule has 0 unspecified atom stereocenters. The van der Waals surface area contributed by atoms with Gasteiger partial charge in [-0.3, -0.25) is 9.69 Å². The fourth-order valence-corrected chi connectivity index (χ4v) is 5.08. The van der Waals surface area contributed by atoms with Crippen molar-refractivity contribution in [2.45, 2.75) is 84.4 Å². The standard InChI is InChI=1S/C19H28N4O2.C11H13BrO/c1-5-19(6-2)11-17(24)23(18(21)22-19)12-15-10-14(13(4)20)8-9-16(15)25-7-3;1-11(2)6-5-8-7-9(12)3-4-10(8)13-11/h8-10H,4-7,11-12,20H2,1-3H3,(H2,21,22);3-4,7H,5-6H2,1-2H3. The number of guanidine groups is 1. The molecule has 4 N–H and O–H groups in total. The number of hydrogen-bond acceptors (Lipinski definition) is 6. The average molecular weight is 586 g/mol. The van der Waals surface area contributed by atoms with Crippen LogP contribution in [0.2, 0.25) is 0 Å². The molecule has 0 radical (unpaired) electrons. The molecule has 0 aliphatic carbocycles. The third kappa shape index (κ3) is 7.10. The summed E-state index contributed by atoms with van der Waals surface area (Å²) in [5.74, 6) is 1.99. The average Bonchev–Trinajstić information content (AvgIpc) is 2.87. The minimum Gasteiger partial charge on any atom is -0.494 e. The van der Waals surface area contributed by atoms with Gasteiger partial charge in [-0.15, -0.1) is 0 Å². The van der Waals surface area contributed by atoms with Gasteiger partial charge in [0.1, 0.15) is 17.1 Å². The summed E-state index contributed by atoms with van der Waals surface area (Å²) in [6, 6.07) is 11.8. The summed E-state index contributed by atoms with van der Waals surface area (Å²) in [5.41, 5.74) is 15.0. The van der Waals surface area contributed by atoms with Gasteiger partial charge in [-0.1, -0.05) is 36.4 Å². The molecule has 2 aromatic rings. The summed E-state index contributed by atoms with van der Waals surface area (Å²) < 4.78 is 12.7. The number of ether oxygens (including phenoxy) is 2. The van der Waals surface area contributed by atoms with Crippen LogP contribution < -0.4 is 20.9 Å². The molecule has 0 saturated carbocycles. The molecule has 0 fully saturated rings. The van der Waals surface area contributed by atoms with E-state index in [-0.39, 0.29) is 23.0 Å². The Labute approximate surface area is 235 Å². The minimum absolute atomic E-state index is 0.000823. The van der Waals surface area contributed by atoms with E-state index < -0.39 is 0 Å². The Morgan fingerprint density at radius 3 is 2.50 bits per heavy atom. The largest absolute Gasteiger partial charge is 0.494 e. The molecule has 4 rings (SSSR count). The van der Waals surface area contributed by atoms with Crippen LogP contribution in [-0.2, 0) is 17.8 Å². The molecule has 2 heterocycles. The topological polar surface area (TPSA) is 103 Å². The van der Waals surface area contributed by atoms with Crippen molar-refractivity contribution < 1.29 is 14.3 Å². The SMILES string of the molecule is C=C(N)c1ccc(OCC)c(CN2C(=O)CC(CC)(CC)N=C2N)c1.CC1(C)CCc2cc(Br)ccc2O1. The van der Waals surface area contributed by atoms with Crippen molar-refractivity contribution in [3.8, 4) is 11.5 Å². The number of nitrogens with zero attached hydrogens (tertiary/aromatic N) is 2. The van der Waals surface area contributed by atoms with Gasteiger partial charge in [0.05, 0.1) is 25.1 Å². The predicted octanol–water partition coefficient (Wildman–Crippen LogP) is 6.17. The van der Waals surface area contributed by atoms with E-state index in [0.29, 0.717) is 31.0 Å². The van der Waals surface area contributed by atoms with Gasteiger partial charge in [-0.2, -0.15) is 0 Å². The van der Waals surface area contributed by atoms with E-state index in [9.17, 15) is 4.79 Å². The van der Waals surface area contributed by atoms with E-state index in [1.165, 1.54) is 10.5 Å². The lowest BCUT2D eigenvalue weighted by Crippen LogP contribution is -2.50. The van der Waals surface area contributed by atoms with Crippen molar-refractivity contribution in [1.82, 2.24) is 4.90 Å². The van der Waals surface area contributed by atoms with Crippen molar-refractivity contribution in [1.29, 1.82) is 0 Å². The molecule has 0 atom stereocenters. The molecular formula is C30H41BrN4O3. The second-order valence-electron chi connectivity index (χ2n) is 10.5. The summed E-state index contributed by atoms with van der Waals surface area (Å²) in [4.78, 5) is 18.9. The van der Waals surface area contributed by atoms with Gasteiger partial charge < -0.3 is 20.9 Å². The Morgan fingerprint density at radius 1 is 1.18 bits per heavy atom. The molecular weight excluding hydrogens is 544 g/mol. The van der Waals surface area contributed by atoms with E-state index in [4.69, 9.17) is 20.9 Å². The molecule has 2 aromatic carbocycles. The van der Waals surface area contributed by atoms with Crippen molar-refractivity contribution in [3.05, 3.63) is 64.1 Å². The predicted molar refractivity (Wildman–Crippen MR) is 158 cm³/mol. The Balaban J connectivity index is 0.000000256. The van der Waals surface area contributed by atoms with E-state index in [0.717, 1.165) is 47.0 Å². The lowest BCUT2D eigenvalue weighted by Gasteiger charge is -2.36. The van der Waals surface area contributed by atoms with Crippen LogP contribution in [0, 0.1) is 0 Å². The smallest absolute Gasteiger partial charge is 0.232 e. The lowest BCUT2D eigenvalue weighted by molar-refractivity contribution is -0.130. The molecule has 0 saturated heterocycles. The summed E-state index contributed by atoms with van der Waals surface area (Å²) >= 11 is 3.46. The second kappa shape index (κ2) is 12.2. The third-order valence-electron chi connectivity index (χ3n) is 7.19. The molecule has 0 spiro atoms.